The number of hydrogen-bond acceptors (Lipinski definition) is 4. The fourth-order valence-corrected chi connectivity index (χ4v) is 3.00. The number of aromatic nitrogens is 1. The Labute approximate surface area is 101 Å². The average Bonchev–Trinajstić information content (AvgIpc) is 2.38. The molecule has 1 fully saturated rings. The van der Waals surface area contributed by atoms with Crippen LogP contribution >= 0.6 is 11.8 Å². The van der Waals surface area contributed by atoms with Crippen molar-refractivity contribution in [2.45, 2.75) is 25.4 Å². The second kappa shape index (κ2) is 6.11. The molecule has 4 heteroatoms. The van der Waals surface area contributed by atoms with Gasteiger partial charge in [0.25, 0.3) is 0 Å². The molecule has 88 valence electrons. The molecule has 3 nitrogen and oxygen atoms in total. The van der Waals surface area contributed by atoms with Crippen molar-refractivity contribution in [1.29, 1.82) is 0 Å². The second-order valence-electron chi connectivity index (χ2n) is 3.94. The zero-order valence-electron chi connectivity index (χ0n) is 9.61. The fraction of sp³-hybridized carbons (Fsp3) is 0.583. The number of thioether (sulfide) groups is 1. The van der Waals surface area contributed by atoms with Crippen molar-refractivity contribution < 1.29 is 4.74 Å². The lowest BCUT2D eigenvalue weighted by Gasteiger charge is -2.22. The van der Waals surface area contributed by atoms with E-state index in [2.05, 4.69) is 28.1 Å². The molecule has 0 bridgehead atoms. The minimum absolute atomic E-state index is 0.658. The number of methoxy groups -OCH3 is 1. The molecular formula is C12H18N2OS. The van der Waals surface area contributed by atoms with E-state index in [1.165, 1.54) is 24.3 Å². The lowest BCUT2D eigenvalue weighted by Crippen LogP contribution is -2.32. The molecule has 2 rings (SSSR count). The Morgan fingerprint density at radius 3 is 3.06 bits per heavy atom. The molecule has 0 amide bonds. The van der Waals surface area contributed by atoms with Gasteiger partial charge in [0.15, 0.2) is 0 Å². The van der Waals surface area contributed by atoms with E-state index in [0.717, 1.165) is 18.0 Å². The van der Waals surface area contributed by atoms with Gasteiger partial charge in [-0.3, -0.25) is 0 Å². The molecule has 0 radical (unpaired) electrons. The molecule has 0 atom stereocenters. The molecule has 1 aliphatic rings. The highest BCUT2D eigenvalue weighted by Gasteiger charge is 2.13. The van der Waals surface area contributed by atoms with Gasteiger partial charge in [-0.1, -0.05) is 6.07 Å². The minimum atomic E-state index is 0.658. The van der Waals surface area contributed by atoms with Gasteiger partial charge >= 0.3 is 0 Å². The standard InChI is InChI=1S/C12H18N2OS/c1-15-12-10(3-2-6-13-12)9-14-11-4-7-16-8-5-11/h2-3,6,11,14H,4-5,7-9H2,1H3. The summed E-state index contributed by atoms with van der Waals surface area (Å²) in [6, 6.07) is 4.68. The van der Waals surface area contributed by atoms with E-state index in [-0.39, 0.29) is 0 Å². The topological polar surface area (TPSA) is 34.1 Å². The molecule has 1 aliphatic heterocycles. The molecule has 1 saturated heterocycles. The molecule has 2 heterocycles. The summed E-state index contributed by atoms with van der Waals surface area (Å²) in [5.41, 5.74) is 1.14. The van der Waals surface area contributed by atoms with Crippen molar-refractivity contribution in [3.63, 3.8) is 0 Å². The number of ether oxygens (including phenoxy) is 1. The number of pyridine rings is 1. The van der Waals surface area contributed by atoms with Gasteiger partial charge < -0.3 is 10.1 Å². The van der Waals surface area contributed by atoms with Gasteiger partial charge in [-0.15, -0.1) is 0 Å². The Morgan fingerprint density at radius 2 is 2.31 bits per heavy atom. The zero-order chi connectivity index (χ0) is 11.2. The summed E-state index contributed by atoms with van der Waals surface area (Å²) in [6.07, 6.45) is 4.31. The van der Waals surface area contributed by atoms with Crippen LogP contribution in [0.1, 0.15) is 18.4 Å². The number of rotatable bonds is 4. The Kier molecular flexibility index (Phi) is 4.48. The Bertz CT molecular complexity index is 327. The van der Waals surface area contributed by atoms with E-state index < -0.39 is 0 Å². The van der Waals surface area contributed by atoms with Crippen LogP contribution in [0, 0.1) is 0 Å². The molecule has 0 saturated carbocycles. The predicted molar refractivity (Wildman–Crippen MR) is 68.0 cm³/mol. The maximum atomic E-state index is 5.23. The predicted octanol–water partition coefficient (Wildman–Crippen LogP) is 2.08. The van der Waals surface area contributed by atoms with Gasteiger partial charge in [0.2, 0.25) is 5.88 Å². The van der Waals surface area contributed by atoms with E-state index in [1.54, 1.807) is 13.3 Å². The SMILES string of the molecule is COc1ncccc1CNC1CCSCC1. The van der Waals surface area contributed by atoms with Gasteiger partial charge in [0.05, 0.1) is 7.11 Å². The number of nitrogens with zero attached hydrogens (tertiary/aromatic N) is 1. The van der Waals surface area contributed by atoms with Gasteiger partial charge in [-0.2, -0.15) is 11.8 Å². The summed E-state index contributed by atoms with van der Waals surface area (Å²) in [6.45, 7) is 0.854. The molecule has 0 unspecified atom stereocenters. The highest BCUT2D eigenvalue weighted by molar-refractivity contribution is 7.99. The molecular weight excluding hydrogens is 220 g/mol. The largest absolute Gasteiger partial charge is 0.481 e. The van der Waals surface area contributed by atoms with E-state index in [0.29, 0.717) is 6.04 Å². The third kappa shape index (κ3) is 3.12. The van der Waals surface area contributed by atoms with Crippen molar-refractivity contribution in [2.75, 3.05) is 18.6 Å². The number of hydrogen-bond donors (Lipinski definition) is 1. The van der Waals surface area contributed by atoms with E-state index in [4.69, 9.17) is 4.74 Å². The Balaban J connectivity index is 1.88. The Hall–Kier alpha value is -0.740. The van der Waals surface area contributed by atoms with Crippen molar-refractivity contribution in [2.24, 2.45) is 0 Å². The van der Waals surface area contributed by atoms with Crippen LogP contribution in [0.5, 0.6) is 5.88 Å². The second-order valence-corrected chi connectivity index (χ2v) is 5.16. The third-order valence-electron chi connectivity index (χ3n) is 2.85. The minimum Gasteiger partial charge on any atom is -0.481 e. The molecule has 0 aromatic carbocycles. The molecule has 1 N–H and O–H groups in total. The molecule has 16 heavy (non-hydrogen) atoms. The first-order valence-electron chi connectivity index (χ1n) is 5.69. The van der Waals surface area contributed by atoms with Crippen molar-refractivity contribution in [3.05, 3.63) is 23.9 Å². The average molecular weight is 238 g/mol. The van der Waals surface area contributed by atoms with Crippen molar-refractivity contribution in [3.8, 4) is 5.88 Å². The van der Waals surface area contributed by atoms with Crippen LogP contribution in [0.25, 0.3) is 0 Å². The van der Waals surface area contributed by atoms with E-state index >= 15 is 0 Å². The van der Waals surface area contributed by atoms with Crippen molar-refractivity contribution >= 4 is 11.8 Å². The van der Waals surface area contributed by atoms with Crippen LogP contribution in [0.3, 0.4) is 0 Å². The van der Waals surface area contributed by atoms with E-state index in [9.17, 15) is 0 Å². The molecule has 0 aliphatic carbocycles. The van der Waals surface area contributed by atoms with Gasteiger partial charge in [-0.05, 0) is 30.4 Å². The van der Waals surface area contributed by atoms with Crippen LogP contribution in [0.2, 0.25) is 0 Å². The van der Waals surface area contributed by atoms with Crippen LogP contribution in [-0.2, 0) is 6.54 Å². The van der Waals surface area contributed by atoms with Crippen LogP contribution in [0.15, 0.2) is 18.3 Å². The summed E-state index contributed by atoms with van der Waals surface area (Å²) >= 11 is 2.05. The first-order valence-corrected chi connectivity index (χ1v) is 6.84. The molecule has 1 aromatic rings. The first-order chi connectivity index (χ1) is 7.90. The summed E-state index contributed by atoms with van der Waals surface area (Å²) in [4.78, 5) is 4.19. The first kappa shape index (κ1) is 11.7. The molecule has 1 aromatic heterocycles. The lowest BCUT2D eigenvalue weighted by molar-refractivity contribution is 0.386. The van der Waals surface area contributed by atoms with Crippen LogP contribution in [0.4, 0.5) is 0 Å². The van der Waals surface area contributed by atoms with Crippen molar-refractivity contribution in [1.82, 2.24) is 10.3 Å². The highest BCUT2D eigenvalue weighted by atomic mass is 32.2. The van der Waals surface area contributed by atoms with Gasteiger partial charge in [-0.25, -0.2) is 4.98 Å². The molecule has 0 spiro atoms. The maximum absolute atomic E-state index is 5.23. The fourth-order valence-electron chi connectivity index (χ4n) is 1.90. The van der Waals surface area contributed by atoms with E-state index in [1.807, 2.05) is 6.07 Å². The summed E-state index contributed by atoms with van der Waals surface area (Å²) < 4.78 is 5.23. The van der Waals surface area contributed by atoms with Gasteiger partial charge in [0.1, 0.15) is 0 Å². The Morgan fingerprint density at radius 1 is 1.50 bits per heavy atom. The van der Waals surface area contributed by atoms with Crippen LogP contribution in [-0.4, -0.2) is 29.6 Å². The quantitative estimate of drug-likeness (QED) is 0.871. The highest BCUT2D eigenvalue weighted by Crippen LogP contribution is 2.18. The smallest absolute Gasteiger partial charge is 0.217 e. The lowest BCUT2D eigenvalue weighted by atomic mass is 10.1. The maximum Gasteiger partial charge on any atom is 0.217 e. The summed E-state index contributed by atoms with van der Waals surface area (Å²) in [5.74, 6) is 3.30. The zero-order valence-corrected chi connectivity index (χ0v) is 10.4. The third-order valence-corrected chi connectivity index (χ3v) is 3.89. The summed E-state index contributed by atoms with van der Waals surface area (Å²) in [7, 11) is 1.67. The van der Waals surface area contributed by atoms with Gasteiger partial charge in [0, 0.05) is 24.3 Å². The summed E-state index contributed by atoms with van der Waals surface area (Å²) in [5, 5.41) is 3.58. The monoisotopic (exact) mass is 238 g/mol. The van der Waals surface area contributed by atoms with Crippen LogP contribution < -0.4 is 10.1 Å². The normalized spacial score (nSPS) is 17.3. The number of nitrogens with one attached hydrogen (secondary N) is 1.